The third-order valence-electron chi connectivity index (χ3n) is 4.67. The average molecular weight is 429 g/mol. The summed E-state index contributed by atoms with van der Waals surface area (Å²) in [5.41, 5.74) is 0.219. The molecule has 1 aliphatic heterocycles. The van der Waals surface area contributed by atoms with Crippen molar-refractivity contribution in [3.05, 3.63) is 34.9 Å². The molecular weight excluding hydrogens is 396 g/mol. The van der Waals surface area contributed by atoms with Gasteiger partial charge in [0.25, 0.3) is 0 Å². The van der Waals surface area contributed by atoms with Crippen molar-refractivity contribution in [3.63, 3.8) is 0 Å². The number of halogens is 1. The molecule has 0 spiro atoms. The van der Waals surface area contributed by atoms with Crippen LogP contribution >= 0.6 is 11.6 Å². The lowest BCUT2D eigenvalue weighted by Gasteiger charge is -2.43. The van der Waals surface area contributed by atoms with Crippen LogP contribution in [0.15, 0.2) is 24.3 Å². The Kier molecular flexibility index (Phi) is 7.35. The van der Waals surface area contributed by atoms with Crippen LogP contribution in [0.2, 0.25) is 5.02 Å². The van der Waals surface area contributed by atoms with Gasteiger partial charge >= 0.3 is 6.09 Å². The molecule has 1 unspecified atom stereocenters. The summed E-state index contributed by atoms with van der Waals surface area (Å²) >= 11 is 4.95. The fraction of sp³-hybridized carbons (Fsp3) is 0.667. The number of nitrogens with one attached hydrogen (secondary N) is 1. The molecule has 1 fully saturated rings. The second kappa shape index (κ2) is 8.82. The van der Waals surface area contributed by atoms with E-state index >= 15 is 0 Å². The van der Waals surface area contributed by atoms with Gasteiger partial charge in [0.15, 0.2) is 0 Å². The number of rotatable bonds is 4. The molecule has 0 aromatic heterocycles. The van der Waals surface area contributed by atoms with Crippen LogP contribution in [0.1, 0.15) is 59.9 Å². The Hall–Kier alpha value is -0.950. The Balaban J connectivity index is 2.15. The van der Waals surface area contributed by atoms with E-state index < -0.39 is 17.0 Å². The molecule has 158 valence electrons. The van der Waals surface area contributed by atoms with E-state index in [0.717, 1.165) is 5.56 Å². The minimum absolute atomic E-state index is 0.291. The van der Waals surface area contributed by atoms with Crippen molar-refractivity contribution in [2.45, 2.75) is 76.7 Å². The first kappa shape index (κ1) is 23.3. The van der Waals surface area contributed by atoms with Gasteiger partial charge in [0, 0.05) is 29.5 Å². The number of amides is 1. The Labute approximate surface area is 177 Å². The zero-order valence-corrected chi connectivity index (χ0v) is 19.4. The predicted octanol–water partition coefficient (Wildman–Crippen LogP) is 4.70. The fourth-order valence-electron chi connectivity index (χ4n) is 3.15. The number of ether oxygens (including phenoxy) is 1. The zero-order valence-electron chi connectivity index (χ0n) is 17.8. The van der Waals surface area contributed by atoms with Crippen LogP contribution in [0, 0.1) is 0 Å². The Morgan fingerprint density at radius 3 is 2.36 bits per heavy atom. The summed E-state index contributed by atoms with van der Waals surface area (Å²) in [7, 11) is 0. The van der Waals surface area contributed by atoms with Crippen molar-refractivity contribution in [3.8, 4) is 0 Å². The third-order valence-corrected chi connectivity index (χ3v) is 6.64. The molecule has 28 heavy (non-hydrogen) atoms. The van der Waals surface area contributed by atoms with Gasteiger partial charge in [0.1, 0.15) is 10.3 Å². The fourth-order valence-corrected chi connectivity index (χ4v) is 4.33. The second-order valence-electron chi connectivity index (χ2n) is 9.54. The lowest BCUT2D eigenvalue weighted by Crippen LogP contribution is -2.60. The number of piperidine rings is 1. The smallest absolute Gasteiger partial charge is 0.410 e. The maximum absolute atomic E-state index is 12.9. The number of likely N-dealkylation sites (tertiary alicyclic amines) is 1. The molecule has 1 atom stereocenters. The summed E-state index contributed by atoms with van der Waals surface area (Å²) in [6, 6.07) is 7.77. The van der Waals surface area contributed by atoms with Crippen molar-refractivity contribution in [1.29, 1.82) is 0 Å². The monoisotopic (exact) mass is 428 g/mol. The van der Waals surface area contributed by atoms with Gasteiger partial charge in [-0.1, -0.05) is 23.7 Å². The molecule has 0 saturated carbocycles. The first-order valence-corrected chi connectivity index (χ1v) is 11.2. The molecule has 0 radical (unpaired) electrons. The average Bonchev–Trinajstić information content (AvgIpc) is 2.52. The highest BCUT2D eigenvalue weighted by Gasteiger charge is 2.43. The highest BCUT2D eigenvalue weighted by molar-refractivity contribution is 7.90. The molecule has 1 aliphatic rings. The topological polar surface area (TPSA) is 64.6 Å². The number of carbonyl (C=O) groups is 1. The molecule has 7 heteroatoms. The predicted molar refractivity (Wildman–Crippen MR) is 116 cm³/mol. The largest absolute Gasteiger partial charge is 0.598 e. The molecule has 1 N–H and O–H groups in total. The standard InChI is InChI=1S/C21H33ClN2O3S/c1-19(2,3)27-18(25)24-12-10-21(11-13-24,23-28(26)20(4,5)6)15-16-8-7-9-17(22)14-16/h7-9,14,23H,10-13,15H2,1-6H3. The van der Waals surface area contributed by atoms with E-state index in [1.165, 1.54) is 0 Å². The quantitative estimate of drug-likeness (QED) is 0.705. The van der Waals surface area contributed by atoms with E-state index in [4.69, 9.17) is 16.3 Å². The van der Waals surface area contributed by atoms with Crippen LogP contribution in [0.25, 0.3) is 0 Å². The molecule has 1 heterocycles. The van der Waals surface area contributed by atoms with Crippen molar-refractivity contribution >= 4 is 29.1 Å². The van der Waals surface area contributed by atoms with Crippen molar-refractivity contribution < 1.29 is 14.1 Å². The molecule has 1 saturated heterocycles. The van der Waals surface area contributed by atoms with E-state index in [0.29, 0.717) is 37.4 Å². The molecule has 1 aromatic rings. The van der Waals surface area contributed by atoms with Crippen LogP contribution in [0.5, 0.6) is 0 Å². The van der Waals surface area contributed by atoms with E-state index in [-0.39, 0.29) is 16.4 Å². The first-order valence-electron chi connectivity index (χ1n) is 9.72. The van der Waals surface area contributed by atoms with Gasteiger partial charge in [0.2, 0.25) is 0 Å². The maximum Gasteiger partial charge on any atom is 0.410 e. The minimum Gasteiger partial charge on any atom is -0.598 e. The van der Waals surface area contributed by atoms with Gasteiger partial charge in [-0.15, -0.1) is 4.72 Å². The highest BCUT2D eigenvalue weighted by atomic mass is 35.5. The SMILES string of the molecule is CC(C)(C)OC(=O)N1CCC(Cc2cccc(Cl)c2)(N[S+]([O-])C(C)(C)C)CC1. The Morgan fingerprint density at radius 1 is 1.25 bits per heavy atom. The van der Waals surface area contributed by atoms with Crippen LogP contribution in [-0.4, -0.2) is 44.5 Å². The van der Waals surface area contributed by atoms with Gasteiger partial charge in [-0.05, 0) is 78.5 Å². The van der Waals surface area contributed by atoms with Crippen LogP contribution in [-0.2, 0) is 22.5 Å². The number of nitrogens with zero attached hydrogens (tertiary/aromatic N) is 1. The Morgan fingerprint density at radius 2 is 1.86 bits per heavy atom. The summed E-state index contributed by atoms with van der Waals surface area (Å²) in [5, 5.41) is 0.691. The third kappa shape index (κ3) is 6.83. The van der Waals surface area contributed by atoms with Crippen molar-refractivity contribution in [2.75, 3.05) is 13.1 Å². The summed E-state index contributed by atoms with van der Waals surface area (Å²) < 4.78 is 21.4. The van der Waals surface area contributed by atoms with Gasteiger partial charge in [-0.3, -0.25) is 0 Å². The lowest BCUT2D eigenvalue weighted by molar-refractivity contribution is 0.0160. The summed E-state index contributed by atoms with van der Waals surface area (Å²) in [6.07, 6.45) is 1.80. The second-order valence-corrected chi connectivity index (χ2v) is 11.9. The number of hydrogen-bond acceptors (Lipinski definition) is 4. The molecule has 2 rings (SSSR count). The zero-order chi connectivity index (χ0) is 21.2. The number of carbonyl (C=O) groups excluding carboxylic acids is 1. The maximum atomic E-state index is 12.9. The minimum atomic E-state index is -1.21. The van der Waals surface area contributed by atoms with E-state index in [1.54, 1.807) is 4.90 Å². The van der Waals surface area contributed by atoms with Crippen LogP contribution < -0.4 is 4.72 Å². The molecule has 0 bridgehead atoms. The normalized spacial score (nSPS) is 18.6. The van der Waals surface area contributed by atoms with E-state index in [1.807, 2.05) is 65.8 Å². The molecular formula is C21H33ClN2O3S. The molecule has 1 aromatic carbocycles. The van der Waals surface area contributed by atoms with Gasteiger partial charge in [0.05, 0.1) is 5.54 Å². The van der Waals surface area contributed by atoms with Gasteiger partial charge in [-0.2, -0.15) is 0 Å². The summed E-state index contributed by atoms with van der Waals surface area (Å²) in [6.45, 7) is 12.6. The summed E-state index contributed by atoms with van der Waals surface area (Å²) in [4.78, 5) is 14.2. The van der Waals surface area contributed by atoms with Gasteiger partial charge in [-0.25, -0.2) is 4.79 Å². The number of hydrogen-bond donors (Lipinski definition) is 1. The van der Waals surface area contributed by atoms with E-state index in [9.17, 15) is 9.35 Å². The first-order chi connectivity index (χ1) is 12.8. The Bertz CT molecular complexity index is 677. The molecule has 1 amide bonds. The van der Waals surface area contributed by atoms with Crippen molar-refractivity contribution in [2.24, 2.45) is 0 Å². The van der Waals surface area contributed by atoms with Crippen LogP contribution in [0.4, 0.5) is 4.79 Å². The number of benzene rings is 1. The summed E-state index contributed by atoms with van der Waals surface area (Å²) in [5.74, 6) is 0. The van der Waals surface area contributed by atoms with Crippen molar-refractivity contribution in [1.82, 2.24) is 9.62 Å². The van der Waals surface area contributed by atoms with Gasteiger partial charge < -0.3 is 14.2 Å². The lowest BCUT2D eigenvalue weighted by atomic mass is 9.83. The van der Waals surface area contributed by atoms with Crippen LogP contribution in [0.3, 0.4) is 0 Å². The molecule has 0 aliphatic carbocycles. The molecule has 5 nitrogen and oxygen atoms in total. The van der Waals surface area contributed by atoms with E-state index in [2.05, 4.69) is 4.72 Å². The highest BCUT2D eigenvalue weighted by Crippen LogP contribution is 2.31.